The van der Waals surface area contributed by atoms with E-state index in [0.29, 0.717) is 6.42 Å². The lowest BCUT2D eigenvalue weighted by molar-refractivity contribution is -0.136. The van der Waals surface area contributed by atoms with E-state index in [0.717, 1.165) is 18.5 Å². The second-order valence-electron chi connectivity index (χ2n) is 6.43. The Morgan fingerprint density at radius 2 is 2.00 bits per heavy atom. The minimum atomic E-state index is -0.514. The number of carbonyl (C=O) groups is 1. The molecule has 1 fully saturated rings. The summed E-state index contributed by atoms with van der Waals surface area (Å²) >= 11 is 0. The minimum Gasteiger partial charge on any atom is -0.335 e. The topological polar surface area (TPSA) is 44.1 Å². The fourth-order valence-corrected chi connectivity index (χ4v) is 3.28. The van der Waals surface area contributed by atoms with Crippen LogP contribution in [0.4, 0.5) is 0 Å². The van der Waals surface area contributed by atoms with Gasteiger partial charge in [0.15, 0.2) is 0 Å². The molecular formula is C19H20N2O. The Morgan fingerprint density at radius 3 is 2.73 bits per heavy atom. The van der Waals surface area contributed by atoms with E-state index >= 15 is 0 Å². The van der Waals surface area contributed by atoms with Crippen LogP contribution in [0.5, 0.6) is 0 Å². The van der Waals surface area contributed by atoms with Gasteiger partial charge in [0, 0.05) is 13.0 Å². The molecule has 22 heavy (non-hydrogen) atoms. The average molecular weight is 292 g/mol. The number of hydrogen-bond donors (Lipinski definition) is 0. The zero-order valence-corrected chi connectivity index (χ0v) is 13.0. The highest BCUT2D eigenvalue weighted by atomic mass is 16.2. The quantitative estimate of drug-likeness (QED) is 0.856. The summed E-state index contributed by atoms with van der Waals surface area (Å²) in [5.41, 5.74) is 0.633. The Kier molecular flexibility index (Phi) is 3.62. The maximum Gasteiger partial charge on any atom is 0.230 e. The lowest BCUT2D eigenvalue weighted by atomic mass is 9.86. The van der Waals surface area contributed by atoms with E-state index in [2.05, 4.69) is 43.3 Å². The van der Waals surface area contributed by atoms with Gasteiger partial charge in [0.2, 0.25) is 5.91 Å². The monoisotopic (exact) mass is 292 g/mol. The molecule has 1 unspecified atom stereocenters. The number of rotatable bonds is 3. The summed E-state index contributed by atoms with van der Waals surface area (Å²) in [7, 11) is 0. The summed E-state index contributed by atoms with van der Waals surface area (Å²) in [4.78, 5) is 14.6. The Bertz CT molecular complexity index is 761. The van der Waals surface area contributed by atoms with Gasteiger partial charge in [0.25, 0.3) is 0 Å². The number of benzene rings is 2. The molecule has 0 spiro atoms. The van der Waals surface area contributed by atoms with E-state index in [-0.39, 0.29) is 11.9 Å². The van der Waals surface area contributed by atoms with Crippen molar-refractivity contribution in [3.8, 4) is 6.07 Å². The van der Waals surface area contributed by atoms with Crippen molar-refractivity contribution < 1.29 is 4.79 Å². The lowest BCUT2D eigenvalue weighted by Gasteiger charge is -2.27. The third kappa shape index (κ3) is 2.35. The van der Waals surface area contributed by atoms with Crippen LogP contribution in [0.3, 0.4) is 0 Å². The van der Waals surface area contributed by atoms with Gasteiger partial charge in [-0.2, -0.15) is 5.26 Å². The molecule has 1 aliphatic rings. The van der Waals surface area contributed by atoms with Gasteiger partial charge in [0.1, 0.15) is 0 Å². The van der Waals surface area contributed by atoms with Crippen LogP contribution in [0.25, 0.3) is 10.8 Å². The molecule has 2 aromatic rings. The average Bonchev–Trinajstić information content (AvgIpc) is 2.82. The number of carbonyl (C=O) groups excluding carboxylic acids is 1. The van der Waals surface area contributed by atoms with Gasteiger partial charge in [-0.1, -0.05) is 36.4 Å². The van der Waals surface area contributed by atoms with Crippen molar-refractivity contribution in [3.63, 3.8) is 0 Å². The fourth-order valence-electron chi connectivity index (χ4n) is 3.28. The van der Waals surface area contributed by atoms with Crippen LogP contribution in [0.15, 0.2) is 42.5 Å². The lowest BCUT2D eigenvalue weighted by Crippen LogP contribution is -2.34. The Morgan fingerprint density at radius 1 is 1.27 bits per heavy atom. The third-order valence-corrected chi connectivity index (χ3v) is 4.87. The Hall–Kier alpha value is -2.34. The molecule has 0 aliphatic carbocycles. The smallest absolute Gasteiger partial charge is 0.230 e. The molecule has 1 aliphatic heterocycles. The number of amides is 1. The number of nitriles is 1. The molecule has 0 bridgehead atoms. The van der Waals surface area contributed by atoms with Gasteiger partial charge in [-0.3, -0.25) is 4.79 Å². The highest BCUT2D eigenvalue weighted by Crippen LogP contribution is 2.39. The largest absolute Gasteiger partial charge is 0.335 e. The normalized spacial score (nSPS) is 22.8. The molecule has 0 radical (unpaired) electrons. The zero-order valence-electron chi connectivity index (χ0n) is 13.0. The molecule has 0 aromatic heterocycles. The van der Waals surface area contributed by atoms with Gasteiger partial charge in [0.05, 0.1) is 17.5 Å². The van der Waals surface area contributed by atoms with Crippen molar-refractivity contribution in [2.24, 2.45) is 5.41 Å². The molecule has 3 heteroatoms. The van der Waals surface area contributed by atoms with Crippen molar-refractivity contribution in [1.29, 1.82) is 5.26 Å². The number of hydrogen-bond acceptors (Lipinski definition) is 2. The van der Waals surface area contributed by atoms with Crippen LogP contribution in [-0.2, 0) is 4.79 Å². The Labute approximate surface area is 131 Å². The highest BCUT2D eigenvalue weighted by Gasteiger charge is 2.44. The minimum absolute atomic E-state index is 0.0395. The van der Waals surface area contributed by atoms with Gasteiger partial charge in [-0.05, 0) is 42.7 Å². The van der Waals surface area contributed by atoms with Gasteiger partial charge >= 0.3 is 0 Å². The van der Waals surface area contributed by atoms with Crippen LogP contribution >= 0.6 is 0 Å². The first-order valence-corrected chi connectivity index (χ1v) is 7.72. The van der Waals surface area contributed by atoms with Crippen LogP contribution in [-0.4, -0.2) is 17.4 Å². The molecule has 112 valence electrons. The maximum absolute atomic E-state index is 12.7. The summed E-state index contributed by atoms with van der Waals surface area (Å²) in [6.07, 6.45) is 1.06. The molecule has 1 heterocycles. The van der Waals surface area contributed by atoms with Crippen molar-refractivity contribution in [1.82, 2.24) is 4.90 Å². The van der Waals surface area contributed by atoms with Crippen molar-refractivity contribution in [2.45, 2.75) is 32.7 Å². The second kappa shape index (κ2) is 5.46. The van der Waals surface area contributed by atoms with E-state index in [1.54, 1.807) is 0 Å². The number of fused-ring (bicyclic) bond motifs is 1. The molecule has 2 atom stereocenters. The van der Waals surface area contributed by atoms with E-state index in [1.165, 1.54) is 10.8 Å². The van der Waals surface area contributed by atoms with E-state index in [9.17, 15) is 4.79 Å². The maximum atomic E-state index is 12.7. The molecule has 3 nitrogen and oxygen atoms in total. The molecule has 3 rings (SSSR count). The van der Waals surface area contributed by atoms with Crippen molar-refractivity contribution >= 4 is 16.7 Å². The molecule has 1 amide bonds. The van der Waals surface area contributed by atoms with Crippen LogP contribution in [0.2, 0.25) is 0 Å². The number of likely N-dealkylation sites (tertiary alicyclic amines) is 1. The van der Waals surface area contributed by atoms with E-state index in [4.69, 9.17) is 5.26 Å². The molecule has 1 saturated heterocycles. The molecule has 0 saturated carbocycles. The summed E-state index contributed by atoms with van der Waals surface area (Å²) in [6.45, 7) is 4.71. The van der Waals surface area contributed by atoms with Gasteiger partial charge in [-0.15, -0.1) is 0 Å². The van der Waals surface area contributed by atoms with Gasteiger partial charge in [-0.25, -0.2) is 0 Å². The van der Waals surface area contributed by atoms with Crippen LogP contribution < -0.4 is 0 Å². The Balaban J connectivity index is 1.88. The second-order valence-corrected chi connectivity index (χ2v) is 6.43. The first-order valence-electron chi connectivity index (χ1n) is 7.72. The van der Waals surface area contributed by atoms with Crippen LogP contribution in [0, 0.1) is 16.7 Å². The SMILES string of the molecule is C[C@@H](c1ccc2ccccc2c1)N1CCC(C)(CC#N)C1=O. The summed E-state index contributed by atoms with van der Waals surface area (Å²) in [5, 5.41) is 11.4. The van der Waals surface area contributed by atoms with Crippen molar-refractivity contribution in [3.05, 3.63) is 48.0 Å². The third-order valence-electron chi connectivity index (χ3n) is 4.87. The standard InChI is InChI=1S/C19H20N2O/c1-14(21-12-10-19(2,9-11-20)18(21)22)16-8-7-15-5-3-4-6-17(15)13-16/h3-8,13-14H,9-10,12H2,1-2H3/t14-,19?/m0/s1. The predicted molar refractivity (Wildman–Crippen MR) is 87.0 cm³/mol. The summed E-state index contributed by atoms with van der Waals surface area (Å²) in [5.74, 6) is 0.106. The fraction of sp³-hybridized carbons (Fsp3) is 0.368. The van der Waals surface area contributed by atoms with Crippen LogP contribution in [0.1, 0.15) is 38.3 Å². The molecule has 2 aromatic carbocycles. The highest BCUT2D eigenvalue weighted by molar-refractivity contribution is 5.86. The van der Waals surface area contributed by atoms with Gasteiger partial charge < -0.3 is 4.90 Å². The first-order chi connectivity index (χ1) is 10.5. The van der Waals surface area contributed by atoms with Crippen molar-refractivity contribution in [2.75, 3.05) is 6.54 Å². The summed E-state index contributed by atoms with van der Waals surface area (Å²) in [6, 6.07) is 16.8. The molecular weight excluding hydrogens is 272 g/mol. The first kappa shape index (κ1) is 14.6. The zero-order chi connectivity index (χ0) is 15.7. The van der Waals surface area contributed by atoms with E-state index in [1.807, 2.05) is 24.0 Å². The predicted octanol–water partition coefficient (Wildman–Crippen LogP) is 4.05. The number of nitrogens with zero attached hydrogens (tertiary/aromatic N) is 2. The molecule has 0 N–H and O–H groups in total. The summed E-state index contributed by atoms with van der Waals surface area (Å²) < 4.78 is 0. The van der Waals surface area contributed by atoms with E-state index < -0.39 is 5.41 Å².